The van der Waals surface area contributed by atoms with E-state index >= 15 is 0 Å². The molecule has 3 atom stereocenters. The Bertz CT molecular complexity index is 722. The maximum atomic E-state index is 12.6. The van der Waals surface area contributed by atoms with Crippen molar-refractivity contribution < 1.29 is 80.1 Å². The van der Waals surface area contributed by atoms with E-state index in [1.54, 1.807) is 0 Å². The van der Waals surface area contributed by atoms with E-state index in [9.17, 15) is 9.59 Å². The fourth-order valence-electron chi connectivity index (χ4n) is 2.89. The van der Waals surface area contributed by atoms with Crippen molar-refractivity contribution in [2.45, 2.75) is 56.8 Å². The number of amides is 1. The smallest absolute Gasteiger partial charge is 0.407 e. The average molecular weight is 611 g/mol. The topological polar surface area (TPSA) is 338 Å². The monoisotopic (exact) mass is 610 g/mol. The highest BCUT2D eigenvalue weighted by molar-refractivity contribution is 5.81. The second-order valence-corrected chi connectivity index (χ2v) is 7.82. The summed E-state index contributed by atoms with van der Waals surface area (Å²) in [5.41, 5.74) is 5.21. The molecule has 0 fully saturated rings. The van der Waals surface area contributed by atoms with Crippen molar-refractivity contribution in [3.8, 4) is 0 Å². The van der Waals surface area contributed by atoms with Crippen LogP contribution in [0.1, 0.15) is 38.5 Å². The first kappa shape index (κ1) is 38.4. The Morgan fingerprint density at radius 2 is 1.29 bits per heavy atom. The standard InChI is InChI=1S/C17H38N8O16/c18-16(19)20-7-3-5-14(21-17(27)37-9-6-13(41-25(34)35)11-39-23(30)31)15(26)36-8-2-1-4-12(40-24(32)33)10-38-22(28)29/h12-14,28-35H,1-11H2,(H,21,27)(H4,18,19,20). The van der Waals surface area contributed by atoms with Gasteiger partial charge >= 0.3 is 12.1 Å². The van der Waals surface area contributed by atoms with Gasteiger partial charge in [-0.1, -0.05) is 0 Å². The number of ether oxygens (including phenoxy) is 2. The number of unbranched alkanes of at least 4 members (excludes halogenated alkanes) is 1. The van der Waals surface area contributed by atoms with Gasteiger partial charge in [-0.3, -0.25) is 47.1 Å². The van der Waals surface area contributed by atoms with Gasteiger partial charge in [0.15, 0.2) is 5.96 Å². The van der Waals surface area contributed by atoms with Crippen LogP contribution in [-0.4, -0.2) is 132 Å². The lowest BCUT2D eigenvalue weighted by Crippen LogP contribution is -2.43. The van der Waals surface area contributed by atoms with Gasteiger partial charge < -0.3 is 25.8 Å². The molecule has 0 bridgehead atoms. The molecule has 0 aliphatic heterocycles. The summed E-state index contributed by atoms with van der Waals surface area (Å²) in [5, 5.41) is 78.8. The molecular weight excluding hydrogens is 572 g/mol. The second-order valence-electron chi connectivity index (χ2n) is 7.82. The van der Waals surface area contributed by atoms with E-state index in [1.807, 2.05) is 0 Å². The van der Waals surface area contributed by atoms with E-state index in [0.717, 1.165) is 0 Å². The molecule has 3 unspecified atom stereocenters. The number of rotatable bonds is 24. The molecule has 242 valence electrons. The molecular formula is C17H38N8O16. The maximum absolute atomic E-state index is 12.6. The lowest BCUT2D eigenvalue weighted by atomic mass is 10.1. The van der Waals surface area contributed by atoms with Gasteiger partial charge in [-0.05, 0) is 32.1 Å². The molecule has 0 heterocycles. The van der Waals surface area contributed by atoms with Crippen molar-refractivity contribution in [1.82, 2.24) is 32.2 Å². The number of esters is 1. The molecule has 0 aliphatic carbocycles. The normalized spacial score (nSPS) is 13.9. The number of hydrogen-bond acceptors (Lipinski definition) is 21. The molecule has 24 nitrogen and oxygen atoms in total. The van der Waals surface area contributed by atoms with Crippen LogP contribution in [0.15, 0.2) is 0 Å². The zero-order valence-corrected chi connectivity index (χ0v) is 21.7. The van der Waals surface area contributed by atoms with Crippen LogP contribution >= 0.6 is 0 Å². The Balaban J connectivity index is 4.77. The summed E-state index contributed by atoms with van der Waals surface area (Å²) in [7, 11) is 0. The third-order valence-corrected chi connectivity index (χ3v) is 4.64. The Kier molecular flexibility index (Phi) is 21.5. The van der Waals surface area contributed by atoms with Crippen LogP contribution in [0.4, 0.5) is 4.79 Å². The van der Waals surface area contributed by atoms with E-state index < -0.39 is 71.7 Å². The minimum Gasteiger partial charge on any atom is -0.464 e. The fourth-order valence-corrected chi connectivity index (χ4v) is 2.89. The van der Waals surface area contributed by atoms with Gasteiger partial charge in [0.05, 0.1) is 34.8 Å². The van der Waals surface area contributed by atoms with Crippen LogP contribution in [0.3, 0.4) is 0 Å². The van der Waals surface area contributed by atoms with E-state index in [2.05, 4.69) is 30.0 Å². The first-order valence-corrected chi connectivity index (χ1v) is 11.8. The molecule has 0 saturated carbocycles. The molecule has 0 aliphatic rings. The molecule has 0 spiro atoms. The third-order valence-electron chi connectivity index (χ3n) is 4.64. The van der Waals surface area contributed by atoms with Gasteiger partial charge in [-0.15, -0.1) is 0 Å². The zero-order chi connectivity index (χ0) is 31.2. The summed E-state index contributed by atoms with van der Waals surface area (Å²) in [6.07, 6.45) is -2.50. The molecule has 0 saturated heterocycles. The van der Waals surface area contributed by atoms with Crippen LogP contribution < -0.4 is 16.4 Å². The van der Waals surface area contributed by atoms with Crippen LogP contribution in [0.5, 0.6) is 0 Å². The summed E-state index contributed by atoms with van der Waals surface area (Å²) in [6.45, 7) is -1.37. The van der Waals surface area contributed by atoms with Crippen LogP contribution in [0.2, 0.25) is 0 Å². The number of nitrogens with one attached hydrogen (secondary N) is 3. The van der Waals surface area contributed by atoms with Crippen molar-refractivity contribution >= 4 is 18.0 Å². The minimum absolute atomic E-state index is 0.0511. The van der Waals surface area contributed by atoms with E-state index in [4.69, 9.17) is 62.3 Å². The van der Waals surface area contributed by atoms with Gasteiger partial charge in [0, 0.05) is 13.0 Å². The molecule has 1 amide bonds. The number of hydrogen-bond donors (Lipinski definition) is 12. The van der Waals surface area contributed by atoms with Gasteiger partial charge in [0.25, 0.3) is 0 Å². The van der Waals surface area contributed by atoms with Crippen molar-refractivity contribution in [3.63, 3.8) is 0 Å². The number of nitrogens with zero attached hydrogens (tertiary/aromatic N) is 4. The Labute approximate surface area is 232 Å². The fraction of sp³-hybridized carbons (Fsp3) is 0.824. The quantitative estimate of drug-likeness (QED) is 0.0189. The minimum atomic E-state index is -1.21. The van der Waals surface area contributed by atoms with Crippen LogP contribution in [-0.2, 0) is 33.6 Å². The van der Waals surface area contributed by atoms with Crippen LogP contribution in [0.25, 0.3) is 0 Å². The second kappa shape index (κ2) is 23.0. The summed E-state index contributed by atoms with van der Waals surface area (Å²) < 4.78 is 10.1. The first-order valence-electron chi connectivity index (χ1n) is 11.8. The predicted octanol–water partition coefficient (Wildman–Crippen LogP) is -1.77. The molecule has 0 rings (SSSR count). The van der Waals surface area contributed by atoms with E-state index in [-0.39, 0.29) is 51.2 Å². The van der Waals surface area contributed by atoms with E-state index in [0.29, 0.717) is 6.42 Å². The number of carbonyl (C=O) groups excluding carboxylic acids is 2. The summed E-state index contributed by atoms with van der Waals surface area (Å²) in [6, 6.07) is -1.18. The Morgan fingerprint density at radius 1 is 0.732 bits per heavy atom. The lowest BCUT2D eigenvalue weighted by molar-refractivity contribution is -0.527. The molecule has 24 heteroatoms. The number of alkyl carbamates (subject to hydrolysis) is 1. The van der Waals surface area contributed by atoms with Crippen molar-refractivity contribution in [3.05, 3.63) is 0 Å². The Morgan fingerprint density at radius 3 is 1.80 bits per heavy atom. The first-order chi connectivity index (χ1) is 19.3. The van der Waals surface area contributed by atoms with Gasteiger partial charge in [0.2, 0.25) is 0 Å². The summed E-state index contributed by atoms with van der Waals surface area (Å²) in [5.74, 6) is -1.12. The molecule has 0 aromatic rings. The summed E-state index contributed by atoms with van der Waals surface area (Å²) >= 11 is 0. The maximum Gasteiger partial charge on any atom is 0.407 e. The number of carbonyl (C=O) groups is 2. The van der Waals surface area contributed by atoms with Gasteiger partial charge in [-0.25, -0.2) is 28.9 Å². The highest BCUT2D eigenvalue weighted by Gasteiger charge is 2.24. The van der Waals surface area contributed by atoms with Crippen LogP contribution in [0, 0.1) is 5.41 Å². The molecule has 41 heavy (non-hydrogen) atoms. The predicted molar refractivity (Wildman–Crippen MR) is 120 cm³/mol. The lowest BCUT2D eigenvalue weighted by Gasteiger charge is -2.20. The van der Waals surface area contributed by atoms with E-state index in [1.165, 1.54) is 0 Å². The number of nitrogens with two attached hydrogens (primary N) is 1. The number of guanidine groups is 1. The van der Waals surface area contributed by atoms with Crippen molar-refractivity contribution in [1.29, 1.82) is 5.41 Å². The SMILES string of the molecule is N=C(N)NCCCC(NC(=O)OCCC(CON(O)O)ON(O)O)C(=O)OCCCCC(CON(O)O)ON(O)O. The third kappa shape index (κ3) is 23.7. The van der Waals surface area contributed by atoms with Crippen molar-refractivity contribution in [2.24, 2.45) is 5.73 Å². The van der Waals surface area contributed by atoms with Gasteiger partial charge in [-0.2, -0.15) is 0 Å². The molecule has 0 aromatic heterocycles. The zero-order valence-electron chi connectivity index (χ0n) is 21.7. The summed E-state index contributed by atoms with van der Waals surface area (Å²) in [4.78, 5) is 42.5. The molecule has 13 N–H and O–H groups in total. The Hall–Kier alpha value is -2.63. The molecule has 0 radical (unpaired) electrons. The van der Waals surface area contributed by atoms with Gasteiger partial charge in [0.1, 0.15) is 31.5 Å². The largest absolute Gasteiger partial charge is 0.464 e. The van der Waals surface area contributed by atoms with Crippen molar-refractivity contribution in [2.75, 3.05) is 33.0 Å². The highest BCUT2D eigenvalue weighted by Crippen LogP contribution is 2.09. The molecule has 0 aromatic carbocycles. The average Bonchev–Trinajstić information content (AvgIpc) is 2.86. The highest BCUT2D eigenvalue weighted by atomic mass is 17.1.